The fourth-order valence-electron chi connectivity index (χ4n) is 3.18. The highest BCUT2D eigenvalue weighted by Crippen LogP contribution is 2.32. The van der Waals surface area contributed by atoms with Crippen molar-refractivity contribution in [2.75, 3.05) is 6.61 Å². The molecule has 3 rings (SSSR count). The van der Waals surface area contributed by atoms with Crippen LogP contribution in [0.2, 0.25) is 0 Å². The van der Waals surface area contributed by atoms with Crippen LogP contribution in [0.25, 0.3) is 11.0 Å². The zero-order valence-corrected chi connectivity index (χ0v) is 13.7. The Balaban J connectivity index is 1.79. The summed E-state index contributed by atoms with van der Waals surface area (Å²) in [4.78, 5) is 12.4. The molecule has 5 heteroatoms. The number of nitrogens with one attached hydrogen (secondary N) is 1. The Labute approximate surface area is 136 Å². The molecule has 5 nitrogen and oxygen atoms in total. The number of rotatable bonds is 5. The summed E-state index contributed by atoms with van der Waals surface area (Å²) in [5.74, 6) is 1.34. The van der Waals surface area contributed by atoms with Crippen LogP contribution in [0.3, 0.4) is 0 Å². The second-order valence-corrected chi connectivity index (χ2v) is 6.31. The number of hydrogen-bond acceptors (Lipinski definition) is 4. The van der Waals surface area contributed by atoms with E-state index in [2.05, 4.69) is 5.32 Å². The topological polar surface area (TPSA) is 77.5 Å². The number of fused-ring (bicyclic) bond motifs is 1. The normalized spacial score (nSPS) is 18.0. The molecule has 1 saturated carbocycles. The first-order valence-electron chi connectivity index (χ1n) is 8.28. The van der Waals surface area contributed by atoms with Crippen LogP contribution in [0.15, 0.2) is 28.7 Å². The Morgan fingerprint density at radius 3 is 2.87 bits per heavy atom. The van der Waals surface area contributed by atoms with Gasteiger partial charge in [-0.1, -0.05) is 25.0 Å². The quantitative estimate of drug-likeness (QED) is 0.887. The van der Waals surface area contributed by atoms with Gasteiger partial charge in [-0.3, -0.25) is 4.79 Å². The van der Waals surface area contributed by atoms with Crippen LogP contribution in [0, 0.1) is 0 Å². The van der Waals surface area contributed by atoms with Gasteiger partial charge in [0.25, 0.3) is 0 Å². The zero-order valence-electron chi connectivity index (χ0n) is 13.7. The summed E-state index contributed by atoms with van der Waals surface area (Å²) in [6.07, 6.45) is 3.53. The van der Waals surface area contributed by atoms with Crippen molar-refractivity contribution in [3.63, 3.8) is 0 Å². The summed E-state index contributed by atoms with van der Waals surface area (Å²) in [5.41, 5.74) is 6.20. The zero-order chi connectivity index (χ0) is 16.4. The number of benzene rings is 1. The SMILES string of the molecule is CCOc1cccc2cc(C(C)NC(=O)C3(N)CCCC3)oc12. The molecule has 1 aliphatic carbocycles. The number of ether oxygens (including phenoxy) is 1. The fraction of sp³-hybridized carbons (Fsp3) is 0.500. The Bertz CT molecular complexity index is 701. The molecule has 1 aromatic carbocycles. The highest BCUT2D eigenvalue weighted by atomic mass is 16.5. The lowest BCUT2D eigenvalue weighted by atomic mass is 9.97. The molecule has 0 saturated heterocycles. The summed E-state index contributed by atoms with van der Waals surface area (Å²) in [5, 5.41) is 3.96. The third-order valence-corrected chi connectivity index (χ3v) is 4.55. The van der Waals surface area contributed by atoms with E-state index in [9.17, 15) is 4.79 Å². The van der Waals surface area contributed by atoms with E-state index in [1.165, 1.54) is 0 Å². The van der Waals surface area contributed by atoms with Crippen LogP contribution in [-0.2, 0) is 4.79 Å². The monoisotopic (exact) mass is 316 g/mol. The van der Waals surface area contributed by atoms with E-state index in [-0.39, 0.29) is 11.9 Å². The first kappa shape index (κ1) is 15.9. The van der Waals surface area contributed by atoms with Crippen LogP contribution in [0.5, 0.6) is 5.75 Å². The Morgan fingerprint density at radius 2 is 2.17 bits per heavy atom. The van der Waals surface area contributed by atoms with E-state index in [0.29, 0.717) is 18.0 Å². The molecular formula is C18H24N2O3. The van der Waals surface area contributed by atoms with Gasteiger partial charge in [-0.05, 0) is 38.8 Å². The minimum Gasteiger partial charge on any atom is -0.490 e. The molecule has 1 unspecified atom stereocenters. The number of furan rings is 1. The highest BCUT2D eigenvalue weighted by Gasteiger charge is 2.37. The molecule has 1 amide bonds. The number of hydrogen-bond donors (Lipinski definition) is 2. The van der Waals surface area contributed by atoms with Gasteiger partial charge in [-0.25, -0.2) is 0 Å². The average molecular weight is 316 g/mol. The standard InChI is InChI=1S/C18H24N2O3/c1-3-22-14-8-6-7-13-11-15(23-16(13)14)12(2)20-17(21)18(19)9-4-5-10-18/h6-8,11-12H,3-5,9-10,19H2,1-2H3,(H,20,21). The molecule has 0 aliphatic heterocycles. The molecule has 1 atom stereocenters. The largest absolute Gasteiger partial charge is 0.490 e. The van der Waals surface area contributed by atoms with E-state index < -0.39 is 5.54 Å². The number of amides is 1. The molecule has 124 valence electrons. The molecule has 2 aromatic rings. The van der Waals surface area contributed by atoms with Crippen molar-refractivity contribution in [1.29, 1.82) is 0 Å². The van der Waals surface area contributed by atoms with Crippen LogP contribution >= 0.6 is 0 Å². The van der Waals surface area contributed by atoms with E-state index in [4.69, 9.17) is 14.9 Å². The predicted octanol–water partition coefficient (Wildman–Crippen LogP) is 3.28. The summed E-state index contributed by atoms with van der Waals surface area (Å²) in [6, 6.07) is 7.51. The third-order valence-electron chi connectivity index (χ3n) is 4.55. The highest BCUT2D eigenvalue weighted by molar-refractivity contribution is 5.87. The summed E-state index contributed by atoms with van der Waals surface area (Å²) in [7, 11) is 0. The van der Waals surface area contributed by atoms with Gasteiger partial charge in [0, 0.05) is 5.39 Å². The molecule has 0 spiro atoms. The van der Waals surface area contributed by atoms with Crippen molar-refractivity contribution < 1.29 is 13.9 Å². The van der Waals surface area contributed by atoms with Crippen LogP contribution < -0.4 is 15.8 Å². The predicted molar refractivity (Wildman–Crippen MR) is 89.3 cm³/mol. The molecular weight excluding hydrogens is 292 g/mol. The van der Waals surface area contributed by atoms with Crippen LogP contribution in [0.4, 0.5) is 0 Å². The maximum Gasteiger partial charge on any atom is 0.240 e. The van der Waals surface area contributed by atoms with Gasteiger partial charge >= 0.3 is 0 Å². The summed E-state index contributed by atoms with van der Waals surface area (Å²) < 4.78 is 11.5. The van der Waals surface area contributed by atoms with Crippen molar-refractivity contribution in [1.82, 2.24) is 5.32 Å². The van der Waals surface area contributed by atoms with Crippen molar-refractivity contribution >= 4 is 16.9 Å². The van der Waals surface area contributed by atoms with E-state index >= 15 is 0 Å². The minimum atomic E-state index is -0.725. The Kier molecular flexibility index (Phi) is 4.31. The lowest BCUT2D eigenvalue weighted by molar-refractivity contribution is -0.126. The first-order chi connectivity index (χ1) is 11.0. The van der Waals surface area contributed by atoms with E-state index in [1.54, 1.807) is 0 Å². The number of carbonyl (C=O) groups excluding carboxylic acids is 1. The lowest BCUT2D eigenvalue weighted by Crippen LogP contribution is -2.52. The molecule has 0 radical (unpaired) electrons. The second kappa shape index (κ2) is 6.24. The Morgan fingerprint density at radius 1 is 1.43 bits per heavy atom. The van der Waals surface area contributed by atoms with E-state index in [1.807, 2.05) is 38.1 Å². The van der Waals surface area contributed by atoms with Gasteiger partial charge in [0.2, 0.25) is 5.91 Å². The van der Waals surface area contributed by atoms with Gasteiger partial charge in [-0.2, -0.15) is 0 Å². The molecule has 1 aliphatic rings. The lowest BCUT2D eigenvalue weighted by Gasteiger charge is -2.24. The van der Waals surface area contributed by atoms with Crippen molar-refractivity contribution in [2.24, 2.45) is 5.73 Å². The van der Waals surface area contributed by atoms with Gasteiger partial charge in [0.05, 0.1) is 18.2 Å². The number of para-hydroxylation sites is 1. The average Bonchev–Trinajstić information content (AvgIpc) is 3.15. The third kappa shape index (κ3) is 3.06. The van der Waals surface area contributed by atoms with Crippen molar-refractivity contribution in [3.05, 3.63) is 30.0 Å². The van der Waals surface area contributed by atoms with Gasteiger partial charge in [0.1, 0.15) is 5.76 Å². The molecule has 3 N–H and O–H groups in total. The second-order valence-electron chi connectivity index (χ2n) is 6.31. The number of carbonyl (C=O) groups is 1. The molecule has 23 heavy (non-hydrogen) atoms. The number of nitrogens with two attached hydrogens (primary N) is 1. The molecule has 1 aromatic heterocycles. The Hall–Kier alpha value is -2.01. The van der Waals surface area contributed by atoms with Crippen LogP contribution in [0.1, 0.15) is 51.3 Å². The minimum absolute atomic E-state index is 0.0898. The van der Waals surface area contributed by atoms with Gasteiger partial charge < -0.3 is 20.2 Å². The summed E-state index contributed by atoms with van der Waals surface area (Å²) in [6.45, 7) is 4.43. The van der Waals surface area contributed by atoms with Crippen LogP contribution in [-0.4, -0.2) is 18.1 Å². The summed E-state index contributed by atoms with van der Waals surface area (Å²) >= 11 is 0. The van der Waals surface area contributed by atoms with Gasteiger partial charge in [0.15, 0.2) is 11.3 Å². The first-order valence-corrected chi connectivity index (χ1v) is 8.28. The molecule has 1 fully saturated rings. The van der Waals surface area contributed by atoms with E-state index in [0.717, 1.165) is 36.8 Å². The van der Waals surface area contributed by atoms with Crippen molar-refractivity contribution in [3.8, 4) is 5.75 Å². The van der Waals surface area contributed by atoms with Gasteiger partial charge in [-0.15, -0.1) is 0 Å². The maximum atomic E-state index is 12.4. The maximum absolute atomic E-state index is 12.4. The molecule has 0 bridgehead atoms. The fourth-order valence-corrected chi connectivity index (χ4v) is 3.18. The smallest absolute Gasteiger partial charge is 0.240 e. The van der Waals surface area contributed by atoms with Crippen molar-refractivity contribution in [2.45, 2.75) is 51.1 Å². The molecule has 1 heterocycles.